The molecule has 0 aromatic rings. The van der Waals surface area contributed by atoms with Crippen LogP contribution in [0.25, 0.3) is 0 Å². The summed E-state index contributed by atoms with van der Waals surface area (Å²) in [5, 5.41) is 8.27. The Kier molecular flexibility index (Phi) is 7.23. The number of aliphatic carboxylic acids is 1. The molecule has 2 amide bonds. The van der Waals surface area contributed by atoms with Crippen LogP contribution in [-0.2, 0) is 9.63 Å². The molecule has 0 radical (unpaired) electrons. The first-order valence-corrected chi connectivity index (χ1v) is 4.93. The minimum atomic E-state index is -1.13. The van der Waals surface area contributed by atoms with E-state index in [1.54, 1.807) is 7.05 Å². The minimum absolute atomic E-state index is 0.444. The number of carboxylic acids is 1. The van der Waals surface area contributed by atoms with Gasteiger partial charge in [0.1, 0.15) is 0 Å². The van der Waals surface area contributed by atoms with Gasteiger partial charge >= 0.3 is 12.0 Å². The summed E-state index contributed by atoms with van der Waals surface area (Å²) >= 11 is 0. The van der Waals surface area contributed by atoms with Crippen LogP contribution in [0.15, 0.2) is 0 Å². The lowest BCUT2D eigenvalue weighted by Crippen LogP contribution is -2.39. The number of hydrogen-bond donors (Lipinski definition) is 2. The highest BCUT2D eigenvalue weighted by atomic mass is 16.7. The van der Waals surface area contributed by atoms with Crippen molar-refractivity contribution in [2.45, 2.75) is 6.42 Å². The van der Waals surface area contributed by atoms with E-state index < -0.39 is 18.6 Å². The number of rotatable bonds is 7. The number of amides is 2. The Balaban J connectivity index is 3.61. The van der Waals surface area contributed by atoms with E-state index in [1.807, 2.05) is 24.5 Å². The van der Waals surface area contributed by atoms with E-state index >= 15 is 0 Å². The molecule has 0 aromatic heterocycles. The molecule has 0 aliphatic rings. The molecule has 0 rings (SSSR count). The number of carbonyl (C=O) groups is 2. The first-order valence-electron chi connectivity index (χ1n) is 4.93. The lowest BCUT2D eigenvalue weighted by molar-refractivity contribution is -0.144. The summed E-state index contributed by atoms with van der Waals surface area (Å²) in [6.07, 6.45) is 0.843. The second-order valence-electron chi connectivity index (χ2n) is 3.67. The molecule has 0 saturated carbocycles. The number of nitrogens with one attached hydrogen (secondary N) is 1. The smallest absolute Gasteiger partial charge is 0.341 e. The third kappa shape index (κ3) is 8.01. The van der Waals surface area contributed by atoms with E-state index in [9.17, 15) is 9.59 Å². The van der Waals surface area contributed by atoms with E-state index in [2.05, 4.69) is 4.84 Å². The van der Waals surface area contributed by atoms with Gasteiger partial charge in [-0.3, -0.25) is 4.84 Å². The number of carbonyl (C=O) groups excluding carboxylic acids is 1. The molecule has 94 valence electrons. The van der Waals surface area contributed by atoms with Gasteiger partial charge in [0.2, 0.25) is 0 Å². The molecule has 0 spiro atoms. The quantitative estimate of drug-likeness (QED) is 0.584. The van der Waals surface area contributed by atoms with Crippen LogP contribution in [-0.4, -0.2) is 67.7 Å². The Morgan fingerprint density at radius 2 is 1.88 bits per heavy atom. The summed E-state index contributed by atoms with van der Waals surface area (Å²) in [6.45, 7) is 0.922. The molecule has 0 unspecified atom stereocenters. The zero-order valence-corrected chi connectivity index (χ0v) is 9.89. The Hall–Kier alpha value is -1.34. The Bertz CT molecular complexity index is 233. The van der Waals surface area contributed by atoms with Gasteiger partial charge in [-0.05, 0) is 27.1 Å². The summed E-state index contributed by atoms with van der Waals surface area (Å²) in [5.74, 6) is -1.13. The SMILES string of the molecule is CN(C)CCCN(C)C(=O)NOCC(=O)O. The fourth-order valence-electron chi connectivity index (χ4n) is 0.963. The van der Waals surface area contributed by atoms with Crippen molar-refractivity contribution in [1.29, 1.82) is 0 Å². The van der Waals surface area contributed by atoms with Crippen LogP contribution in [0.2, 0.25) is 0 Å². The molecule has 2 N–H and O–H groups in total. The average Bonchev–Trinajstić information content (AvgIpc) is 2.16. The van der Waals surface area contributed by atoms with Crippen molar-refractivity contribution in [3.8, 4) is 0 Å². The van der Waals surface area contributed by atoms with Crippen molar-refractivity contribution < 1.29 is 19.5 Å². The highest BCUT2D eigenvalue weighted by Crippen LogP contribution is 1.90. The predicted molar refractivity (Wildman–Crippen MR) is 57.9 cm³/mol. The number of hydrogen-bond acceptors (Lipinski definition) is 4. The van der Waals surface area contributed by atoms with Gasteiger partial charge in [0.15, 0.2) is 6.61 Å². The van der Waals surface area contributed by atoms with E-state index in [0.717, 1.165) is 13.0 Å². The van der Waals surface area contributed by atoms with E-state index in [-0.39, 0.29) is 0 Å². The van der Waals surface area contributed by atoms with Crippen molar-refractivity contribution >= 4 is 12.0 Å². The topological polar surface area (TPSA) is 82.1 Å². The highest BCUT2D eigenvalue weighted by molar-refractivity contribution is 5.73. The third-order valence-electron chi connectivity index (χ3n) is 1.80. The monoisotopic (exact) mass is 233 g/mol. The van der Waals surface area contributed by atoms with Gasteiger partial charge in [0.25, 0.3) is 0 Å². The van der Waals surface area contributed by atoms with Gasteiger partial charge in [-0.1, -0.05) is 0 Å². The number of nitrogens with zero attached hydrogens (tertiary/aromatic N) is 2. The summed E-state index contributed by atoms with van der Waals surface area (Å²) in [7, 11) is 5.53. The predicted octanol–water partition coefficient (Wildman–Crippen LogP) is -0.404. The minimum Gasteiger partial charge on any atom is -0.479 e. The maximum Gasteiger partial charge on any atom is 0.341 e. The van der Waals surface area contributed by atoms with Crippen molar-refractivity contribution in [3.63, 3.8) is 0 Å². The van der Waals surface area contributed by atoms with Gasteiger partial charge < -0.3 is 14.9 Å². The normalized spacial score (nSPS) is 10.2. The maximum absolute atomic E-state index is 11.3. The van der Waals surface area contributed by atoms with Gasteiger partial charge in [-0.15, -0.1) is 0 Å². The van der Waals surface area contributed by atoms with Crippen LogP contribution in [0, 0.1) is 0 Å². The first kappa shape index (κ1) is 14.7. The molecular weight excluding hydrogens is 214 g/mol. The van der Waals surface area contributed by atoms with Crippen molar-refractivity contribution in [3.05, 3.63) is 0 Å². The molecule has 0 fully saturated rings. The summed E-state index contributed by atoms with van der Waals surface area (Å²) in [4.78, 5) is 29.3. The zero-order valence-electron chi connectivity index (χ0n) is 9.89. The van der Waals surface area contributed by atoms with Crippen molar-refractivity contribution in [1.82, 2.24) is 15.3 Å². The lowest BCUT2D eigenvalue weighted by atomic mass is 10.4. The summed E-state index contributed by atoms with van der Waals surface area (Å²) in [6, 6.07) is -0.444. The highest BCUT2D eigenvalue weighted by Gasteiger charge is 2.08. The van der Waals surface area contributed by atoms with Gasteiger partial charge in [-0.2, -0.15) is 0 Å². The van der Waals surface area contributed by atoms with E-state index in [4.69, 9.17) is 5.11 Å². The Labute approximate surface area is 94.9 Å². The van der Waals surface area contributed by atoms with Crippen molar-refractivity contribution in [2.24, 2.45) is 0 Å². The Morgan fingerprint density at radius 1 is 1.25 bits per heavy atom. The van der Waals surface area contributed by atoms with Gasteiger partial charge in [0, 0.05) is 13.6 Å². The second kappa shape index (κ2) is 7.89. The molecule has 0 aliphatic carbocycles. The largest absolute Gasteiger partial charge is 0.479 e. The van der Waals surface area contributed by atoms with Crippen LogP contribution in [0.4, 0.5) is 4.79 Å². The lowest BCUT2D eigenvalue weighted by Gasteiger charge is -2.18. The fourth-order valence-corrected chi connectivity index (χ4v) is 0.963. The summed E-state index contributed by atoms with van der Waals surface area (Å²) < 4.78 is 0. The van der Waals surface area contributed by atoms with Gasteiger partial charge in [0.05, 0.1) is 0 Å². The van der Waals surface area contributed by atoms with Gasteiger partial charge in [-0.25, -0.2) is 15.1 Å². The molecule has 0 bridgehead atoms. The van der Waals surface area contributed by atoms with Crippen LogP contribution in [0.5, 0.6) is 0 Å². The molecule has 0 saturated heterocycles. The molecule has 16 heavy (non-hydrogen) atoms. The third-order valence-corrected chi connectivity index (χ3v) is 1.80. The van der Waals surface area contributed by atoms with E-state index in [1.165, 1.54) is 4.90 Å². The average molecular weight is 233 g/mol. The van der Waals surface area contributed by atoms with Crippen molar-refractivity contribution in [2.75, 3.05) is 40.8 Å². The fraction of sp³-hybridized carbons (Fsp3) is 0.778. The number of hydroxylamine groups is 1. The molecule has 0 aromatic carbocycles. The molecule has 0 aliphatic heterocycles. The van der Waals surface area contributed by atoms with E-state index in [0.29, 0.717) is 6.54 Å². The summed E-state index contributed by atoms with van der Waals surface area (Å²) in [5.41, 5.74) is 2.04. The standard InChI is InChI=1S/C9H19N3O4/c1-11(2)5-4-6-12(3)9(15)10-16-7-8(13)14/h4-7H2,1-3H3,(H,10,15)(H,13,14). The molecule has 0 atom stereocenters. The Morgan fingerprint density at radius 3 is 2.38 bits per heavy atom. The molecule has 0 heterocycles. The van der Waals surface area contributed by atoms with Crippen LogP contribution in [0.3, 0.4) is 0 Å². The first-order chi connectivity index (χ1) is 7.43. The number of carboxylic acid groups (broad SMARTS) is 1. The van der Waals surface area contributed by atoms with Crippen LogP contribution in [0.1, 0.15) is 6.42 Å². The van der Waals surface area contributed by atoms with Crippen LogP contribution < -0.4 is 5.48 Å². The maximum atomic E-state index is 11.3. The number of urea groups is 1. The molecule has 7 heteroatoms. The zero-order chi connectivity index (χ0) is 12.6. The second-order valence-corrected chi connectivity index (χ2v) is 3.67. The van der Waals surface area contributed by atoms with Crippen LogP contribution >= 0.6 is 0 Å². The molecule has 7 nitrogen and oxygen atoms in total. The molecular formula is C9H19N3O4.